The van der Waals surface area contributed by atoms with Gasteiger partial charge in [0.1, 0.15) is 0 Å². The lowest BCUT2D eigenvalue weighted by atomic mass is 9.90. The summed E-state index contributed by atoms with van der Waals surface area (Å²) in [4.78, 5) is 22.8. The van der Waals surface area contributed by atoms with Gasteiger partial charge in [0.05, 0.1) is 35.8 Å². The highest BCUT2D eigenvalue weighted by Gasteiger charge is 2.44. The molecule has 9 rings (SSSR count). The quantitative estimate of drug-likeness (QED) is 0.113. The van der Waals surface area contributed by atoms with Crippen molar-refractivity contribution in [1.29, 1.82) is 0 Å². The highest BCUT2D eigenvalue weighted by Crippen LogP contribution is 2.53. The number of aromatic nitrogens is 1. The number of thioether (sulfide) groups is 1. The number of fused-ring (bicyclic) bond motifs is 6. The molecule has 7 nitrogen and oxygen atoms in total. The van der Waals surface area contributed by atoms with Gasteiger partial charge in [-0.25, -0.2) is 4.98 Å². The number of anilines is 1. The lowest BCUT2D eigenvalue weighted by Crippen LogP contribution is -2.36. The number of guanidine groups is 1. The fourth-order valence-electron chi connectivity index (χ4n) is 8.51. The summed E-state index contributed by atoms with van der Waals surface area (Å²) in [5.41, 5.74) is 16.5. The third-order valence-corrected chi connectivity index (χ3v) is 13.8. The summed E-state index contributed by atoms with van der Waals surface area (Å²) in [7, 11) is 0. The normalized spacial score (nSPS) is 16.8. The molecule has 0 amide bonds. The van der Waals surface area contributed by atoms with Gasteiger partial charge in [-0.1, -0.05) is 121 Å². The van der Waals surface area contributed by atoms with Gasteiger partial charge in [-0.2, -0.15) is 11.8 Å². The lowest BCUT2D eigenvalue weighted by Gasteiger charge is -2.26. The number of aryl methyl sites for hydroxylation is 1. The van der Waals surface area contributed by atoms with Crippen molar-refractivity contribution in [3.8, 4) is 0 Å². The number of nitrogens with zero attached hydrogens (tertiary/aromatic N) is 3. The molecule has 9 heteroatoms. The van der Waals surface area contributed by atoms with Crippen LogP contribution in [0, 0.1) is 5.41 Å². The minimum Gasteiger partial charge on any atom is -0.481 e. The van der Waals surface area contributed by atoms with Gasteiger partial charge in [0, 0.05) is 27.1 Å². The summed E-state index contributed by atoms with van der Waals surface area (Å²) in [5.74, 6) is 0.755. The minimum absolute atomic E-state index is 0.0814. The molecule has 3 heterocycles. The second kappa shape index (κ2) is 17.7. The average Bonchev–Trinajstić information content (AvgIpc) is 3.92. The third-order valence-electron chi connectivity index (χ3n) is 11.9. The maximum Gasteiger partial charge on any atom is 0.303 e. The number of hydrogen-bond acceptors (Lipinski definition) is 7. The van der Waals surface area contributed by atoms with Crippen molar-refractivity contribution in [1.82, 2.24) is 4.98 Å². The molecule has 2 aliphatic heterocycles. The maximum absolute atomic E-state index is 11.5. The van der Waals surface area contributed by atoms with Crippen LogP contribution in [0.2, 0.25) is 5.02 Å². The van der Waals surface area contributed by atoms with Gasteiger partial charge in [0.2, 0.25) is 0 Å². The monoisotopic (exact) mass is 834 g/mol. The number of aliphatic carboxylic acids is 1. The molecule has 60 heavy (non-hydrogen) atoms. The number of pyridine rings is 1. The Hall–Kier alpha value is -5.41. The predicted octanol–water partition coefficient (Wildman–Crippen LogP) is 11.4. The van der Waals surface area contributed by atoms with E-state index in [4.69, 9.17) is 22.3 Å². The highest BCUT2D eigenvalue weighted by atomic mass is 35.5. The topological polar surface area (TPSA) is 112 Å². The molecule has 0 radical (unpaired) electrons. The number of carboxylic acid groups (broad SMARTS) is 1. The first-order chi connectivity index (χ1) is 28.9. The molecule has 0 bridgehead atoms. The number of aliphatic imine (C=N–C) groups is 1. The molecule has 1 aromatic heterocycles. The van der Waals surface area contributed by atoms with E-state index in [1.807, 2.05) is 74.1 Å². The van der Waals surface area contributed by atoms with Gasteiger partial charge in [-0.15, -0.1) is 0 Å². The Balaban J connectivity index is 0.000000216. The number of para-hydroxylation sites is 1. The van der Waals surface area contributed by atoms with Gasteiger partial charge >= 0.3 is 5.97 Å². The smallest absolute Gasteiger partial charge is 0.303 e. The number of carboxylic acids is 1. The standard InChI is InChI=1S/C35H36ClNO3S.C16H15N3/c1-34(2,40)30-9-4-3-7-25(30)13-17-32(41-23-35(18-19-35)22-33(38)39)27-8-5-6-24(20-27)10-15-29-16-12-26-11-14-28(36)21-31(26)37-29;17-16-18-10-15-13-7-3-1-5-11(13)9-12-6-2-4-8-14(12)19(15)16/h3-12,14-16,20-21,32,40H,13,17-19,22-23H2,1-2H3,(H,38,39);1-8,15H,9-10H2,(H2,17,18)/b15-10+;/t32-;/m1./s1. The first kappa shape index (κ1) is 41.3. The van der Waals surface area contributed by atoms with Crippen molar-refractivity contribution < 1.29 is 15.0 Å². The Kier molecular flexibility index (Phi) is 12.2. The molecule has 2 atom stereocenters. The van der Waals surface area contributed by atoms with Crippen LogP contribution >= 0.6 is 23.4 Å². The SMILES string of the molecule is CC(C)(O)c1ccccc1CC[C@@H](SCC1(CC(=O)O)CC1)c1cccc(/C=C/c2ccc3ccc(Cl)cc3n2)c1.NC1=NCC2c3ccccc3Cc3ccccc3N12. The van der Waals surface area contributed by atoms with Crippen LogP contribution in [0.3, 0.4) is 0 Å². The highest BCUT2D eigenvalue weighted by molar-refractivity contribution is 7.99. The second-order valence-corrected chi connectivity index (χ2v) is 18.4. The number of rotatable bonds is 12. The molecule has 5 aromatic carbocycles. The van der Waals surface area contributed by atoms with E-state index in [2.05, 4.69) is 101 Å². The fraction of sp³-hybridized carbons (Fsp3) is 0.275. The zero-order chi connectivity index (χ0) is 41.9. The predicted molar refractivity (Wildman–Crippen MR) is 249 cm³/mol. The van der Waals surface area contributed by atoms with Crippen LogP contribution in [0.25, 0.3) is 23.1 Å². The molecule has 1 fully saturated rings. The van der Waals surface area contributed by atoms with Crippen LogP contribution in [-0.2, 0) is 23.2 Å². The van der Waals surface area contributed by atoms with E-state index in [1.165, 1.54) is 27.9 Å². The number of nitrogens with two attached hydrogens (primary N) is 1. The molecule has 6 aromatic rings. The summed E-state index contributed by atoms with van der Waals surface area (Å²) in [5, 5.41) is 22.1. The largest absolute Gasteiger partial charge is 0.481 e. The van der Waals surface area contributed by atoms with E-state index < -0.39 is 11.6 Å². The molecule has 3 aliphatic rings. The summed E-state index contributed by atoms with van der Waals surface area (Å²) in [6, 6.07) is 43.8. The molecule has 4 N–H and O–H groups in total. The van der Waals surface area contributed by atoms with Crippen LogP contribution in [0.15, 0.2) is 132 Å². The molecule has 1 aliphatic carbocycles. The zero-order valence-corrected chi connectivity index (χ0v) is 35.7. The van der Waals surface area contributed by atoms with Crippen LogP contribution in [-0.4, -0.2) is 39.4 Å². The summed E-state index contributed by atoms with van der Waals surface area (Å²) < 4.78 is 0. The molecule has 1 saturated carbocycles. The maximum atomic E-state index is 11.5. The molecular formula is C51H51ClN4O3S. The molecular weight excluding hydrogens is 784 g/mol. The van der Waals surface area contributed by atoms with Gasteiger partial charge in [-0.3, -0.25) is 9.79 Å². The number of aliphatic hydroxyl groups is 1. The molecule has 1 unspecified atom stereocenters. The van der Waals surface area contributed by atoms with E-state index >= 15 is 0 Å². The van der Waals surface area contributed by atoms with Gasteiger partial charge in [0.15, 0.2) is 5.96 Å². The minimum atomic E-state index is -0.911. The van der Waals surface area contributed by atoms with E-state index in [-0.39, 0.29) is 23.1 Å². The van der Waals surface area contributed by atoms with Crippen LogP contribution < -0.4 is 10.6 Å². The third kappa shape index (κ3) is 9.63. The van der Waals surface area contributed by atoms with E-state index in [1.54, 1.807) is 0 Å². The fourth-order valence-corrected chi connectivity index (χ4v) is 10.2. The number of hydrogen-bond donors (Lipinski definition) is 3. The van der Waals surface area contributed by atoms with Gasteiger partial charge in [-0.05, 0) is 121 Å². The summed E-state index contributed by atoms with van der Waals surface area (Å²) in [6.07, 6.45) is 8.98. The van der Waals surface area contributed by atoms with Crippen LogP contribution in [0.1, 0.15) is 95.5 Å². The van der Waals surface area contributed by atoms with E-state index in [0.29, 0.717) is 11.0 Å². The summed E-state index contributed by atoms with van der Waals surface area (Å²) >= 11 is 8.04. The van der Waals surface area contributed by atoms with Crippen molar-refractivity contribution in [2.75, 3.05) is 17.2 Å². The Morgan fingerprint density at radius 1 is 0.933 bits per heavy atom. The van der Waals surface area contributed by atoms with E-state index in [0.717, 1.165) is 77.7 Å². The average molecular weight is 836 g/mol. The zero-order valence-electron chi connectivity index (χ0n) is 34.1. The molecule has 0 spiro atoms. The van der Waals surface area contributed by atoms with Crippen molar-refractivity contribution in [3.05, 3.63) is 177 Å². The van der Waals surface area contributed by atoms with E-state index in [9.17, 15) is 15.0 Å². The number of halogens is 1. The first-order valence-electron chi connectivity index (χ1n) is 20.7. The van der Waals surface area contributed by atoms with Crippen molar-refractivity contribution in [3.63, 3.8) is 0 Å². The molecule has 306 valence electrons. The number of carbonyl (C=O) groups is 1. The Labute approximate surface area is 362 Å². The van der Waals surface area contributed by atoms with Gasteiger partial charge in [0.25, 0.3) is 0 Å². The van der Waals surface area contributed by atoms with Crippen molar-refractivity contribution >= 4 is 64.0 Å². The van der Waals surface area contributed by atoms with Crippen molar-refractivity contribution in [2.24, 2.45) is 16.1 Å². The lowest BCUT2D eigenvalue weighted by molar-refractivity contribution is -0.138. The van der Waals surface area contributed by atoms with Crippen LogP contribution in [0.5, 0.6) is 0 Å². The Morgan fingerprint density at radius 2 is 1.68 bits per heavy atom. The Morgan fingerprint density at radius 3 is 2.48 bits per heavy atom. The first-order valence-corrected chi connectivity index (χ1v) is 22.1. The summed E-state index contributed by atoms with van der Waals surface area (Å²) in [6.45, 7) is 4.41. The van der Waals surface area contributed by atoms with Crippen LogP contribution in [0.4, 0.5) is 5.69 Å². The Bertz CT molecular complexity index is 2580. The second-order valence-electron chi connectivity index (χ2n) is 16.8. The number of benzene rings is 5. The van der Waals surface area contributed by atoms with Crippen molar-refractivity contribution in [2.45, 2.75) is 69.3 Å². The molecule has 0 saturated heterocycles. The van der Waals surface area contributed by atoms with Gasteiger partial charge < -0.3 is 20.8 Å².